The Morgan fingerprint density at radius 2 is 2.21 bits per heavy atom. The van der Waals surface area contributed by atoms with E-state index in [0.29, 0.717) is 0 Å². The average Bonchev–Trinajstić information content (AvgIpc) is 2.77. The minimum atomic E-state index is -3.99. The Morgan fingerprint density at radius 3 is 2.74 bits per heavy atom. The van der Waals surface area contributed by atoms with Crippen LogP contribution in [-0.2, 0) is 30.9 Å². The fourth-order valence-electron chi connectivity index (χ4n) is 1.12. The van der Waals surface area contributed by atoms with Gasteiger partial charge in [-0.3, -0.25) is 14.3 Å². The molecule has 1 rings (SSSR count). The topological polar surface area (TPSA) is 128 Å². The van der Waals surface area contributed by atoms with E-state index >= 15 is 0 Å². The summed E-state index contributed by atoms with van der Waals surface area (Å²) in [5.74, 6) is -1.88. The molecule has 19 heavy (non-hydrogen) atoms. The van der Waals surface area contributed by atoms with Crippen molar-refractivity contribution in [1.82, 2.24) is 14.5 Å². The lowest BCUT2D eigenvalue weighted by atomic mass is 10.4. The van der Waals surface area contributed by atoms with E-state index in [2.05, 4.69) is 9.84 Å². The molecule has 0 aliphatic heterocycles. The lowest BCUT2D eigenvalue weighted by Gasteiger charge is -2.08. The number of nitrogens with one attached hydrogen (secondary N) is 1. The molecule has 0 bridgehead atoms. The third-order valence-electron chi connectivity index (χ3n) is 2.14. The molecule has 10 heteroatoms. The van der Waals surface area contributed by atoms with Crippen LogP contribution in [-0.4, -0.2) is 48.4 Å². The van der Waals surface area contributed by atoms with Gasteiger partial charge in [0.1, 0.15) is 17.5 Å². The van der Waals surface area contributed by atoms with Crippen LogP contribution in [0.5, 0.6) is 0 Å². The molecule has 0 radical (unpaired) electrons. The minimum Gasteiger partial charge on any atom is -0.480 e. The number of ether oxygens (including phenoxy) is 1. The van der Waals surface area contributed by atoms with Crippen LogP contribution >= 0.6 is 0 Å². The molecule has 9 nitrogen and oxygen atoms in total. The average molecular weight is 291 g/mol. The predicted molar refractivity (Wildman–Crippen MR) is 61.7 cm³/mol. The maximum absolute atomic E-state index is 11.8. The molecular weight excluding hydrogens is 278 g/mol. The van der Waals surface area contributed by atoms with E-state index in [1.807, 2.05) is 4.72 Å². The number of methoxy groups -OCH3 is 1. The van der Waals surface area contributed by atoms with E-state index in [1.165, 1.54) is 14.0 Å². The molecule has 0 aliphatic carbocycles. The molecule has 106 valence electrons. The van der Waals surface area contributed by atoms with E-state index in [9.17, 15) is 18.0 Å². The third-order valence-corrected chi connectivity index (χ3v) is 3.64. The number of nitrogens with zero attached hydrogens (tertiary/aromatic N) is 2. The lowest BCUT2D eigenvalue weighted by Crippen LogP contribution is -2.38. The first-order chi connectivity index (χ1) is 8.76. The minimum absolute atomic E-state index is 0.232. The largest absolute Gasteiger partial charge is 0.480 e. The monoisotopic (exact) mass is 291 g/mol. The Balaban J connectivity index is 2.85. The molecule has 2 N–H and O–H groups in total. The van der Waals surface area contributed by atoms with Gasteiger partial charge in [-0.1, -0.05) is 0 Å². The van der Waals surface area contributed by atoms with Crippen molar-refractivity contribution in [1.29, 1.82) is 0 Å². The molecular formula is C9H13N3O6S. The van der Waals surface area contributed by atoms with E-state index in [-0.39, 0.29) is 11.4 Å². The van der Waals surface area contributed by atoms with E-state index in [1.54, 1.807) is 0 Å². The quantitative estimate of drug-likeness (QED) is 0.630. The number of aliphatic carboxylic acids is 1. The Hall–Kier alpha value is -1.94. The highest BCUT2D eigenvalue weighted by Gasteiger charge is 2.23. The highest BCUT2D eigenvalue weighted by atomic mass is 32.2. The molecule has 1 unspecified atom stereocenters. The van der Waals surface area contributed by atoms with Crippen molar-refractivity contribution in [3.8, 4) is 0 Å². The molecule has 0 amide bonds. The summed E-state index contributed by atoms with van der Waals surface area (Å²) in [5, 5.41) is 12.3. The van der Waals surface area contributed by atoms with Gasteiger partial charge in [-0.15, -0.1) is 0 Å². The normalized spacial score (nSPS) is 12.9. The number of aromatic nitrogens is 2. The van der Waals surface area contributed by atoms with Gasteiger partial charge in [0.25, 0.3) is 0 Å². The second-order valence-electron chi connectivity index (χ2n) is 3.63. The summed E-state index contributed by atoms with van der Waals surface area (Å²) in [7, 11) is -2.80. The molecule has 1 aromatic rings. The Kier molecular flexibility index (Phi) is 4.62. The molecule has 0 spiro atoms. The number of esters is 1. The van der Waals surface area contributed by atoms with Crippen molar-refractivity contribution >= 4 is 22.0 Å². The van der Waals surface area contributed by atoms with Gasteiger partial charge in [-0.2, -0.15) is 9.82 Å². The number of hydrogen-bond acceptors (Lipinski definition) is 6. The van der Waals surface area contributed by atoms with E-state index in [4.69, 9.17) is 5.11 Å². The first-order valence-electron chi connectivity index (χ1n) is 5.10. The van der Waals surface area contributed by atoms with Gasteiger partial charge in [0.15, 0.2) is 0 Å². The van der Waals surface area contributed by atoms with Gasteiger partial charge in [0, 0.05) is 6.20 Å². The molecule has 0 aromatic carbocycles. The zero-order valence-corrected chi connectivity index (χ0v) is 11.0. The van der Waals surface area contributed by atoms with Crippen molar-refractivity contribution in [3.05, 3.63) is 12.4 Å². The fourth-order valence-corrected chi connectivity index (χ4v) is 2.27. The second-order valence-corrected chi connectivity index (χ2v) is 5.34. The van der Waals surface area contributed by atoms with Crippen LogP contribution in [0.4, 0.5) is 0 Å². The summed E-state index contributed by atoms with van der Waals surface area (Å²) in [6.07, 6.45) is 2.12. The highest BCUT2D eigenvalue weighted by molar-refractivity contribution is 7.89. The van der Waals surface area contributed by atoms with Crippen LogP contribution in [0.2, 0.25) is 0 Å². The molecule has 1 atom stereocenters. The molecule has 0 saturated heterocycles. The van der Waals surface area contributed by atoms with Crippen LogP contribution in [0, 0.1) is 0 Å². The van der Waals surface area contributed by atoms with Crippen molar-refractivity contribution < 1.29 is 27.9 Å². The van der Waals surface area contributed by atoms with Crippen LogP contribution in [0.25, 0.3) is 0 Å². The molecule has 0 saturated carbocycles. The zero-order valence-electron chi connectivity index (χ0n) is 10.2. The van der Waals surface area contributed by atoms with Crippen molar-refractivity contribution in [2.24, 2.45) is 0 Å². The maximum Gasteiger partial charge on any atom is 0.327 e. The molecule has 0 aliphatic rings. The second kappa shape index (κ2) is 5.80. The number of carboxylic acid groups (broad SMARTS) is 1. The fraction of sp³-hybridized carbons (Fsp3) is 0.444. The summed E-state index contributed by atoms with van der Waals surface area (Å²) < 4.78 is 31.0. The van der Waals surface area contributed by atoms with Crippen molar-refractivity contribution in [2.75, 3.05) is 7.11 Å². The Bertz CT molecular complexity index is 579. The van der Waals surface area contributed by atoms with Gasteiger partial charge in [0.05, 0.1) is 13.3 Å². The number of carbonyl (C=O) groups excluding carboxylic acids is 1. The number of carbonyl (C=O) groups is 2. The molecule has 1 heterocycles. The first-order valence-corrected chi connectivity index (χ1v) is 6.59. The molecule has 1 aromatic heterocycles. The smallest absolute Gasteiger partial charge is 0.327 e. The van der Waals surface area contributed by atoms with Crippen molar-refractivity contribution in [3.63, 3.8) is 0 Å². The van der Waals surface area contributed by atoms with Gasteiger partial charge >= 0.3 is 11.9 Å². The van der Waals surface area contributed by atoms with Crippen LogP contribution < -0.4 is 4.72 Å². The highest BCUT2D eigenvalue weighted by Crippen LogP contribution is 2.08. The zero-order chi connectivity index (χ0) is 14.6. The third kappa shape index (κ3) is 4.03. The number of carboxylic acids is 1. The SMILES string of the molecule is COC(=O)Cn1cc(S(=O)(=O)NC(C)C(=O)O)cn1. The van der Waals surface area contributed by atoms with Gasteiger partial charge < -0.3 is 9.84 Å². The predicted octanol–water partition coefficient (Wildman–Crippen LogP) is -1.19. The van der Waals surface area contributed by atoms with E-state index in [0.717, 1.165) is 17.1 Å². The first kappa shape index (κ1) is 15.1. The summed E-state index contributed by atoms with van der Waals surface area (Å²) >= 11 is 0. The van der Waals surface area contributed by atoms with Crippen LogP contribution in [0.1, 0.15) is 6.92 Å². The lowest BCUT2D eigenvalue weighted by molar-refractivity contribution is -0.141. The number of hydrogen-bond donors (Lipinski definition) is 2. The number of sulfonamides is 1. The molecule has 0 fully saturated rings. The summed E-state index contributed by atoms with van der Waals surface area (Å²) in [6, 6.07) is -1.27. The van der Waals surface area contributed by atoms with Gasteiger partial charge in [-0.05, 0) is 6.92 Å². The maximum atomic E-state index is 11.8. The van der Waals surface area contributed by atoms with Crippen LogP contribution in [0.15, 0.2) is 17.3 Å². The van der Waals surface area contributed by atoms with Crippen LogP contribution in [0.3, 0.4) is 0 Å². The van der Waals surface area contributed by atoms with E-state index < -0.39 is 28.0 Å². The summed E-state index contributed by atoms with van der Waals surface area (Å²) in [5.41, 5.74) is 0. The van der Waals surface area contributed by atoms with Gasteiger partial charge in [0.2, 0.25) is 10.0 Å². The van der Waals surface area contributed by atoms with Gasteiger partial charge in [-0.25, -0.2) is 8.42 Å². The Labute approximate surface area is 109 Å². The standard InChI is InChI=1S/C9H13N3O6S/c1-6(9(14)15)11-19(16,17)7-3-10-12(4-7)5-8(13)18-2/h3-4,6,11H,5H2,1-2H3,(H,14,15). The summed E-state index contributed by atoms with van der Waals surface area (Å²) in [4.78, 5) is 21.3. The van der Waals surface area contributed by atoms with Crippen molar-refractivity contribution in [2.45, 2.75) is 24.4 Å². The number of rotatable bonds is 6. The Morgan fingerprint density at radius 1 is 1.58 bits per heavy atom. The summed E-state index contributed by atoms with van der Waals surface area (Å²) in [6.45, 7) is 0.958.